The van der Waals surface area contributed by atoms with Gasteiger partial charge in [-0.1, -0.05) is 12.8 Å². The van der Waals surface area contributed by atoms with Crippen molar-refractivity contribution in [3.05, 3.63) is 0 Å². The van der Waals surface area contributed by atoms with E-state index in [2.05, 4.69) is 5.32 Å². The molecule has 4 nitrogen and oxygen atoms in total. The van der Waals surface area contributed by atoms with Crippen molar-refractivity contribution >= 4 is 5.91 Å². The van der Waals surface area contributed by atoms with E-state index in [0.717, 1.165) is 12.8 Å². The summed E-state index contributed by atoms with van der Waals surface area (Å²) in [5.74, 6) is -5.24. The minimum atomic E-state index is -3.78. The molecule has 6 heteroatoms. The predicted octanol–water partition coefficient (Wildman–Crippen LogP) is 0.956. The van der Waals surface area contributed by atoms with E-state index in [4.69, 9.17) is 0 Å². The van der Waals surface area contributed by atoms with Crippen molar-refractivity contribution in [3.63, 3.8) is 0 Å². The average molecular weight is 263 g/mol. The Labute approximate surface area is 104 Å². The molecule has 0 spiro atoms. The Bertz CT molecular complexity index is 331. The fraction of sp³-hybridized carbons (Fsp3) is 0.917. The summed E-state index contributed by atoms with van der Waals surface area (Å²) >= 11 is 0. The molecular formula is C12H19F2NO3. The van der Waals surface area contributed by atoms with Gasteiger partial charge in [-0.15, -0.1) is 0 Å². The number of alkyl halides is 2. The zero-order chi connectivity index (χ0) is 13.4. The van der Waals surface area contributed by atoms with Crippen LogP contribution in [0.25, 0.3) is 0 Å². The summed E-state index contributed by atoms with van der Waals surface area (Å²) in [7, 11) is 0. The SMILES string of the molecule is O=C(NC1CCCCC1O)C(F)(F)C1(O)CCC1. The molecule has 0 aromatic heterocycles. The van der Waals surface area contributed by atoms with Crippen LogP contribution < -0.4 is 5.32 Å². The number of hydrogen-bond donors (Lipinski definition) is 3. The van der Waals surface area contributed by atoms with Crippen molar-refractivity contribution in [2.75, 3.05) is 0 Å². The topological polar surface area (TPSA) is 69.6 Å². The molecular weight excluding hydrogens is 244 g/mol. The first kappa shape index (κ1) is 13.7. The van der Waals surface area contributed by atoms with Gasteiger partial charge in [-0.05, 0) is 32.1 Å². The van der Waals surface area contributed by atoms with E-state index in [-0.39, 0.29) is 12.8 Å². The van der Waals surface area contributed by atoms with Crippen LogP contribution in [0, 0.1) is 0 Å². The summed E-state index contributed by atoms with van der Waals surface area (Å²) in [6.45, 7) is 0. The maximum absolute atomic E-state index is 13.8. The molecule has 2 unspecified atom stereocenters. The largest absolute Gasteiger partial charge is 0.391 e. The van der Waals surface area contributed by atoms with Crippen molar-refractivity contribution in [2.45, 2.75) is 68.6 Å². The summed E-state index contributed by atoms with van der Waals surface area (Å²) in [4.78, 5) is 11.6. The molecule has 3 N–H and O–H groups in total. The van der Waals surface area contributed by atoms with E-state index in [1.54, 1.807) is 0 Å². The van der Waals surface area contributed by atoms with Crippen molar-refractivity contribution in [2.24, 2.45) is 0 Å². The highest BCUT2D eigenvalue weighted by molar-refractivity contribution is 5.85. The van der Waals surface area contributed by atoms with Gasteiger partial charge in [0, 0.05) is 0 Å². The van der Waals surface area contributed by atoms with Crippen LogP contribution in [0.1, 0.15) is 44.9 Å². The van der Waals surface area contributed by atoms with Gasteiger partial charge in [-0.2, -0.15) is 8.78 Å². The molecule has 2 saturated carbocycles. The van der Waals surface area contributed by atoms with E-state index in [1.165, 1.54) is 0 Å². The van der Waals surface area contributed by atoms with Crippen LogP contribution in [-0.4, -0.2) is 39.8 Å². The monoisotopic (exact) mass is 263 g/mol. The van der Waals surface area contributed by atoms with Gasteiger partial charge in [0.2, 0.25) is 0 Å². The van der Waals surface area contributed by atoms with Gasteiger partial charge in [0.15, 0.2) is 0 Å². The number of aliphatic hydroxyl groups excluding tert-OH is 1. The summed E-state index contributed by atoms with van der Waals surface area (Å²) < 4.78 is 27.6. The first-order valence-corrected chi connectivity index (χ1v) is 6.46. The highest BCUT2D eigenvalue weighted by Crippen LogP contribution is 2.44. The number of carbonyl (C=O) groups is 1. The maximum Gasteiger partial charge on any atom is 0.352 e. The molecule has 2 aliphatic carbocycles. The highest BCUT2D eigenvalue weighted by atomic mass is 19.3. The molecule has 0 radical (unpaired) electrons. The molecule has 0 aromatic rings. The van der Waals surface area contributed by atoms with Crippen LogP contribution in [0.15, 0.2) is 0 Å². The van der Waals surface area contributed by atoms with Crippen LogP contribution in [0.4, 0.5) is 8.78 Å². The van der Waals surface area contributed by atoms with E-state index in [9.17, 15) is 23.8 Å². The van der Waals surface area contributed by atoms with Crippen LogP contribution >= 0.6 is 0 Å². The Morgan fingerprint density at radius 2 is 1.83 bits per heavy atom. The second kappa shape index (κ2) is 4.74. The molecule has 2 atom stereocenters. The van der Waals surface area contributed by atoms with Crippen molar-refractivity contribution in [3.8, 4) is 0 Å². The fourth-order valence-electron chi connectivity index (χ4n) is 2.58. The molecule has 104 valence electrons. The third kappa shape index (κ3) is 2.23. The van der Waals surface area contributed by atoms with E-state index < -0.39 is 29.6 Å². The van der Waals surface area contributed by atoms with E-state index in [1.807, 2.05) is 0 Å². The van der Waals surface area contributed by atoms with Gasteiger partial charge in [-0.3, -0.25) is 4.79 Å². The Kier molecular flexibility index (Phi) is 3.60. The van der Waals surface area contributed by atoms with Crippen LogP contribution in [0.5, 0.6) is 0 Å². The van der Waals surface area contributed by atoms with Crippen molar-refractivity contribution in [1.29, 1.82) is 0 Å². The minimum Gasteiger partial charge on any atom is -0.391 e. The molecule has 2 aliphatic rings. The Balaban J connectivity index is 1.98. The molecule has 0 saturated heterocycles. The first-order valence-electron chi connectivity index (χ1n) is 6.46. The minimum absolute atomic E-state index is 0.0549. The lowest BCUT2D eigenvalue weighted by Crippen LogP contribution is -2.62. The second-order valence-corrected chi connectivity index (χ2v) is 5.39. The van der Waals surface area contributed by atoms with Gasteiger partial charge in [0.05, 0.1) is 12.1 Å². The summed E-state index contributed by atoms with van der Waals surface area (Å²) in [5, 5.41) is 21.4. The molecule has 2 fully saturated rings. The van der Waals surface area contributed by atoms with E-state index in [0.29, 0.717) is 19.3 Å². The number of halogens is 2. The first-order chi connectivity index (χ1) is 8.37. The number of amides is 1. The van der Waals surface area contributed by atoms with Crippen LogP contribution in [-0.2, 0) is 4.79 Å². The number of nitrogens with one attached hydrogen (secondary N) is 1. The fourth-order valence-corrected chi connectivity index (χ4v) is 2.58. The standard InChI is InChI=1S/C12H19F2NO3/c13-12(14,11(18)6-3-7-11)10(17)15-8-4-1-2-5-9(8)16/h8-9,16,18H,1-7H2,(H,15,17). The third-order valence-electron chi connectivity index (χ3n) is 4.10. The highest BCUT2D eigenvalue weighted by Gasteiger charge is 2.61. The number of hydrogen-bond acceptors (Lipinski definition) is 3. The summed E-state index contributed by atoms with van der Waals surface area (Å²) in [6, 6.07) is -0.624. The van der Waals surface area contributed by atoms with Crippen molar-refractivity contribution < 1.29 is 23.8 Å². The lowest BCUT2D eigenvalue weighted by atomic mass is 9.75. The normalized spacial score (nSPS) is 31.6. The quantitative estimate of drug-likeness (QED) is 0.710. The molecule has 2 rings (SSSR count). The molecule has 0 heterocycles. The number of carbonyl (C=O) groups excluding carboxylic acids is 1. The molecule has 1 amide bonds. The predicted molar refractivity (Wildman–Crippen MR) is 60.2 cm³/mol. The zero-order valence-corrected chi connectivity index (χ0v) is 10.2. The molecule has 0 bridgehead atoms. The lowest BCUT2D eigenvalue weighted by Gasteiger charge is -2.42. The molecule has 18 heavy (non-hydrogen) atoms. The van der Waals surface area contributed by atoms with Gasteiger partial charge in [0.25, 0.3) is 5.91 Å². The molecule has 0 aromatic carbocycles. The maximum atomic E-state index is 13.8. The average Bonchev–Trinajstić information content (AvgIpc) is 2.28. The van der Waals surface area contributed by atoms with E-state index >= 15 is 0 Å². The third-order valence-corrected chi connectivity index (χ3v) is 4.10. The van der Waals surface area contributed by atoms with Gasteiger partial charge in [0.1, 0.15) is 5.60 Å². The summed E-state index contributed by atoms with van der Waals surface area (Å²) in [5.41, 5.74) is -2.20. The number of rotatable bonds is 3. The second-order valence-electron chi connectivity index (χ2n) is 5.39. The van der Waals surface area contributed by atoms with Gasteiger partial charge >= 0.3 is 5.92 Å². The van der Waals surface area contributed by atoms with Gasteiger partial charge < -0.3 is 15.5 Å². The van der Waals surface area contributed by atoms with Crippen molar-refractivity contribution in [1.82, 2.24) is 5.32 Å². The Hall–Kier alpha value is -0.750. The zero-order valence-electron chi connectivity index (χ0n) is 10.2. The van der Waals surface area contributed by atoms with Crippen LogP contribution in [0.2, 0.25) is 0 Å². The number of aliphatic hydroxyl groups is 2. The van der Waals surface area contributed by atoms with Crippen LogP contribution in [0.3, 0.4) is 0 Å². The lowest BCUT2D eigenvalue weighted by molar-refractivity contribution is -0.216. The Morgan fingerprint density at radius 1 is 1.22 bits per heavy atom. The Morgan fingerprint density at radius 3 is 2.33 bits per heavy atom. The van der Waals surface area contributed by atoms with Gasteiger partial charge in [-0.25, -0.2) is 0 Å². The smallest absolute Gasteiger partial charge is 0.352 e. The summed E-state index contributed by atoms with van der Waals surface area (Å²) in [6.07, 6.45) is 2.29. The molecule has 0 aliphatic heterocycles.